The van der Waals surface area contributed by atoms with E-state index in [0.29, 0.717) is 11.3 Å². The lowest BCUT2D eigenvalue weighted by molar-refractivity contribution is -0.137. The Morgan fingerprint density at radius 2 is 1.33 bits per heavy atom. The van der Waals surface area contributed by atoms with Gasteiger partial charge in [-0.15, -0.1) is 0 Å². The predicted molar refractivity (Wildman–Crippen MR) is 105 cm³/mol. The summed E-state index contributed by atoms with van der Waals surface area (Å²) in [5.41, 5.74) is 0.881. The van der Waals surface area contributed by atoms with Crippen molar-refractivity contribution in [2.24, 2.45) is 0 Å². The Labute approximate surface area is 170 Å². The first-order valence-electron chi connectivity index (χ1n) is 9.06. The lowest BCUT2D eigenvalue weighted by Gasteiger charge is -2.16. The fraction of sp³-hybridized carbons (Fsp3) is 0.0435. The number of rotatable bonds is 5. The van der Waals surface area contributed by atoms with Gasteiger partial charge in [0.05, 0.1) is 12.1 Å². The zero-order valence-corrected chi connectivity index (χ0v) is 15.5. The summed E-state index contributed by atoms with van der Waals surface area (Å²) in [5.74, 6) is -2.79. The first-order valence-corrected chi connectivity index (χ1v) is 9.06. The molecule has 30 heavy (non-hydrogen) atoms. The molecule has 0 unspecified atom stereocenters. The molecule has 0 atom stereocenters. The van der Waals surface area contributed by atoms with Gasteiger partial charge in [-0.25, -0.2) is 13.2 Å². The lowest BCUT2D eigenvalue weighted by Crippen LogP contribution is -2.32. The highest BCUT2D eigenvalue weighted by Gasteiger charge is 2.39. The number of imide groups is 1. The minimum Gasteiger partial charge on any atom is -0.350 e. The van der Waals surface area contributed by atoms with Crippen LogP contribution in [-0.4, -0.2) is 16.7 Å². The van der Waals surface area contributed by atoms with Gasteiger partial charge in [0.1, 0.15) is 23.1 Å². The van der Waals surface area contributed by atoms with Crippen LogP contribution in [0.2, 0.25) is 0 Å². The van der Waals surface area contributed by atoms with E-state index in [1.165, 1.54) is 66.7 Å². The summed E-state index contributed by atoms with van der Waals surface area (Å²) < 4.78 is 40.7. The second kappa shape index (κ2) is 7.87. The SMILES string of the molecule is O=C1C(Nc2ccc(F)cc2)=C(c2ccc(F)cc2)C(=O)N1Cc1ccccc1F. The van der Waals surface area contributed by atoms with Gasteiger partial charge >= 0.3 is 0 Å². The summed E-state index contributed by atoms with van der Waals surface area (Å²) >= 11 is 0. The van der Waals surface area contributed by atoms with Crippen molar-refractivity contribution in [3.05, 3.63) is 107 Å². The fourth-order valence-corrected chi connectivity index (χ4v) is 3.19. The van der Waals surface area contributed by atoms with Crippen molar-refractivity contribution in [3.8, 4) is 0 Å². The number of hydrogen-bond donors (Lipinski definition) is 1. The molecule has 0 aromatic heterocycles. The van der Waals surface area contributed by atoms with E-state index in [2.05, 4.69) is 5.32 Å². The van der Waals surface area contributed by atoms with E-state index < -0.39 is 29.3 Å². The number of halogens is 3. The number of nitrogens with zero attached hydrogens (tertiary/aromatic N) is 1. The van der Waals surface area contributed by atoms with Crippen molar-refractivity contribution >= 4 is 23.1 Å². The van der Waals surface area contributed by atoms with Gasteiger partial charge in [-0.1, -0.05) is 30.3 Å². The van der Waals surface area contributed by atoms with Gasteiger partial charge in [0.2, 0.25) is 0 Å². The molecular formula is C23H15F3N2O2. The first-order chi connectivity index (χ1) is 14.4. The molecule has 0 aliphatic carbocycles. The second-order valence-corrected chi connectivity index (χ2v) is 6.68. The molecule has 0 bridgehead atoms. The van der Waals surface area contributed by atoms with E-state index in [9.17, 15) is 22.8 Å². The van der Waals surface area contributed by atoms with Crippen LogP contribution in [0.15, 0.2) is 78.5 Å². The number of carbonyl (C=O) groups excluding carboxylic acids is 2. The van der Waals surface area contributed by atoms with Crippen LogP contribution in [0.5, 0.6) is 0 Å². The number of carbonyl (C=O) groups is 2. The van der Waals surface area contributed by atoms with E-state index in [1.807, 2.05) is 0 Å². The summed E-state index contributed by atoms with van der Waals surface area (Å²) in [6.45, 7) is -0.260. The van der Waals surface area contributed by atoms with Crippen LogP contribution in [0, 0.1) is 17.5 Å². The molecule has 0 fully saturated rings. The molecular weight excluding hydrogens is 393 g/mol. The fourth-order valence-electron chi connectivity index (χ4n) is 3.19. The Bertz CT molecular complexity index is 1160. The molecule has 1 N–H and O–H groups in total. The quantitative estimate of drug-likeness (QED) is 0.633. The summed E-state index contributed by atoms with van der Waals surface area (Å²) in [6.07, 6.45) is 0. The van der Waals surface area contributed by atoms with Gasteiger partial charge in [-0.3, -0.25) is 14.5 Å². The standard InChI is InChI=1S/C23H15F3N2O2/c24-16-7-5-14(6-8-16)20-21(27-18-11-9-17(25)10-12-18)23(30)28(22(20)29)13-15-3-1-2-4-19(15)26/h1-12,27H,13H2. The first kappa shape index (κ1) is 19.4. The molecule has 1 aliphatic heterocycles. The molecule has 0 radical (unpaired) electrons. The molecule has 7 heteroatoms. The molecule has 0 saturated heterocycles. The molecule has 3 aromatic carbocycles. The summed E-state index contributed by atoms with van der Waals surface area (Å²) in [5, 5.41) is 2.86. The average Bonchev–Trinajstić information content (AvgIpc) is 2.96. The normalized spacial score (nSPS) is 13.9. The molecule has 2 amide bonds. The Morgan fingerprint density at radius 3 is 1.97 bits per heavy atom. The third-order valence-electron chi connectivity index (χ3n) is 4.70. The number of nitrogens with one attached hydrogen (secondary N) is 1. The minimum absolute atomic E-state index is 0.0284. The van der Waals surface area contributed by atoms with Gasteiger partial charge in [0, 0.05) is 11.3 Å². The highest BCUT2D eigenvalue weighted by Crippen LogP contribution is 2.32. The van der Waals surface area contributed by atoms with Crippen LogP contribution < -0.4 is 5.32 Å². The van der Waals surface area contributed by atoms with Crippen LogP contribution >= 0.6 is 0 Å². The highest BCUT2D eigenvalue weighted by molar-refractivity contribution is 6.36. The Balaban J connectivity index is 1.74. The van der Waals surface area contributed by atoms with Crippen molar-refractivity contribution in [3.63, 3.8) is 0 Å². The molecule has 4 nitrogen and oxygen atoms in total. The Morgan fingerprint density at radius 1 is 0.733 bits per heavy atom. The summed E-state index contributed by atoms with van der Waals surface area (Å²) in [7, 11) is 0. The molecule has 0 spiro atoms. The molecule has 1 heterocycles. The number of hydrogen-bond acceptors (Lipinski definition) is 3. The van der Waals surface area contributed by atoms with Crippen LogP contribution in [0.25, 0.3) is 5.57 Å². The molecule has 1 aliphatic rings. The number of benzene rings is 3. The van der Waals surface area contributed by atoms with Gasteiger partial charge in [-0.2, -0.15) is 0 Å². The average molecular weight is 408 g/mol. The van der Waals surface area contributed by atoms with Crippen molar-refractivity contribution < 1.29 is 22.8 Å². The Hall–Kier alpha value is -3.87. The van der Waals surface area contributed by atoms with E-state index in [-0.39, 0.29) is 23.4 Å². The largest absolute Gasteiger partial charge is 0.350 e. The van der Waals surface area contributed by atoms with E-state index >= 15 is 0 Å². The van der Waals surface area contributed by atoms with Gasteiger partial charge in [0.15, 0.2) is 0 Å². The van der Waals surface area contributed by atoms with Crippen molar-refractivity contribution in [2.45, 2.75) is 6.54 Å². The van der Waals surface area contributed by atoms with Crippen molar-refractivity contribution in [2.75, 3.05) is 5.32 Å². The monoisotopic (exact) mass is 408 g/mol. The lowest BCUT2D eigenvalue weighted by atomic mass is 10.0. The molecule has 3 aromatic rings. The molecule has 150 valence electrons. The topological polar surface area (TPSA) is 49.4 Å². The van der Waals surface area contributed by atoms with Gasteiger partial charge < -0.3 is 5.32 Å². The van der Waals surface area contributed by atoms with Crippen LogP contribution in [-0.2, 0) is 16.1 Å². The van der Waals surface area contributed by atoms with Crippen molar-refractivity contribution in [1.29, 1.82) is 0 Å². The number of anilines is 1. The maximum Gasteiger partial charge on any atom is 0.278 e. The third kappa shape index (κ3) is 3.69. The van der Waals surface area contributed by atoms with Crippen molar-refractivity contribution in [1.82, 2.24) is 4.90 Å². The van der Waals surface area contributed by atoms with Gasteiger partial charge in [-0.05, 0) is 48.0 Å². The molecule has 4 rings (SSSR count). The zero-order chi connectivity index (χ0) is 21.3. The maximum atomic E-state index is 14.1. The van der Waals surface area contributed by atoms with Crippen LogP contribution in [0.4, 0.5) is 18.9 Å². The maximum absolute atomic E-state index is 14.1. The van der Waals surface area contributed by atoms with Crippen LogP contribution in [0.3, 0.4) is 0 Å². The zero-order valence-electron chi connectivity index (χ0n) is 15.5. The summed E-state index contributed by atoms with van der Waals surface area (Å²) in [4.78, 5) is 27.1. The smallest absolute Gasteiger partial charge is 0.278 e. The highest BCUT2D eigenvalue weighted by atomic mass is 19.1. The van der Waals surface area contributed by atoms with E-state index in [0.717, 1.165) is 4.90 Å². The predicted octanol–water partition coefficient (Wildman–Crippen LogP) is 4.50. The van der Waals surface area contributed by atoms with E-state index in [4.69, 9.17) is 0 Å². The number of amides is 2. The molecule has 0 saturated carbocycles. The van der Waals surface area contributed by atoms with E-state index in [1.54, 1.807) is 6.07 Å². The second-order valence-electron chi connectivity index (χ2n) is 6.68. The van der Waals surface area contributed by atoms with Crippen LogP contribution in [0.1, 0.15) is 11.1 Å². The summed E-state index contributed by atoms with van der Waals surface area (Å²) in [6, 6.07) is 16.2. The third-order valence-corrected chi connectivity index (χ3v) is 4.70. The van der Waals surface area contributed by atoms with Gasteiger partial charge in [0.25, 0.3) is 11.8 Å². The minimum atomic E-state index is -0.660. The Kier molecular flexibility index (Phi) is 5.10.